The smallest absolute Gasteiger partial charge is 0.337 e. The number of esters is 1. The Labute approximate surface area is 195 Å². The summed E-state index contributed by atoms with van der Waals surface area (Å²) in [4.78, 5) is 25.2. The number of rotatable bonds is 9. The standard InChI is InChI=1S/C26H33N3O4/c1-6-13-29-17-21(15-19-8-9-20(25(30)33-5)16-24(19)32-4)22-14-18(7-10-23(22)29)11-12-27-26(31)28(2)3/h7-10,14,16-17H,6,11-13,15H2,1-5H3,(H,27,31). The lowest BCUT2D eigenvalue weighted by Gasteiger charge is -2.12. The molecular weight excluding hydrogens is 418 g/mol. The Balaban J connectivity index is 1.91. The van der Waals surface area contributed by atoms with Crippen LogP contribution in [0.3, 0.4) is 0 Å². The molecule has 7 nitrogen and oxygen atoms in total. The highest BCUT2D eigenvalue weighted by Gasteiger charge is 2.15. The van der Waals surface area contributed by atoms with Crippen molar-refractivity contribution < 1.29 is 19.1 Å². The summed E-state index contributed by atoms with van der Waals surface area (Å²) < 4.78 is 12.7. The highest BCUT2D eigenvalue weighted by atomic mass is 16.5. The minimum Gasteiger partial charge on any atom is -0.496 e. The Morgan fingerprint density at radius 2 is 1.85 bits per heavy atom. The van der Waals surface area contributed by atoms with Crippen molar-refractivity contribution in [1.82, 2.24) is 14.8 Å². The number of fused-ring (bicyclic) bond motifs is 1. The summed E-state index contributed by atoms with van der Waals surface area (Å²) in [6.45, 7) is 3.69. The zero-order valence-corrected chi connectivity index (χ0v) is 20.1. The fourth-order valence-corrected chi connectivity index (χ4v) is 3.95. The number of nitrogens with one attached hydrogen (secondary N) is 1. The molecule has 1 heterocycles. The van der Waals surface area contributed by atoms with Crippen LogP contribution >= 0.6 is 0 Å². The minimum absolute atomic E-state index is 0.0895. The molecule has 0 fully saturated rings. The summed E-state index contributed by atoms with van der Waals surface area (Å²) in [7, 11) is 6.45. The van der Waals surface area contributed by atoms with E-state index < -0.39 is 0 Å². The Kier molecular flexibility index (Phi) is 7.98. The number of urea groups is 1. The second kappa shape index (κ2) is 10.9. The average molecular weight is 452 g/mol. The third-order valence-corrected chi connectivity index (χ3v) is 5.68. The lowest BCUT2D eigenvalue weighted by molar-refractivity contribution is 0.0600. The van der Waals surface area contributed by atoms with Crippen LogP contribution in [-0.4, -0.2) is 56.3 Å². The topological polar surface area (TPSA) is 72.8 Å². The Morgan fingerprint density at radius 3 is 2.52 bits per heavy atom. The second-order valence-electron chi connectivity index (χ2n) is 8.27. The van der Waals surface area contributed by atoms with E-state index in [0.29, 0.717) is 24.3 Å². The molecule has 176 valence electrons. The minimum atomic E-state index is -0.384. The lowest BCUT2D eigenvalue weighted by Crippen LogP contribution is -2.35. The molecule has 0 aliphatic carbocycles. The molecule has 0 aliphatic rings. The molecular formula is C26H33N3O4. The Hall–Kier alpha value is -3.48. The molecule has 1 aromatic heterocycles. The third kappa shape index (κ3) is 5.66. The molecule has 2 amide bonds. The predicted molar refractivity (Wildman–Crippen MR) is 130 cm³/mol. The molecule has 0 radical (unpaired) electrons. The van der Waals surface area contributed by atoms with Crippen LogP contribution in [0.25, 0.3) is 10.9 Å². The van der Waals surface area contributed by atoms with Gasteiger partial charge < -0.3 is 24.3 Å². The number of amides is 2. The molecule has 2 aromatic carbocycles. The summed E-state index contributed by atoms with van der Waals surface area (Å²) in [5.74, 6) is 0.280. The molecule has 3 aromatic rings. The van der Waals surface area contributed by atoms with E-state index in [1.54, 1.807) is 33.3 Å². The zero-order valence-electron chi connectivity index (χ0n) is 20.1. The van der Waals surface area contributed by atoms with Gasteiger partial charge in [0.15, 0.2) is 0 Å². The fraction of sp³-hybridized carbons (Fsp3) is 0.385. The van der Waals surface area contributed by atoms with Gasteiger partial charge in [-0.15, -0.1) is 0 Å². The van der Waals surface area contributed by atoms with E-state index >= 15 is 0 Å². The molecule has 0 saturated heterocycles. The van der Waals surface area contributed by atoms with Gasteiger partial charge in [0.1, 0.15) is 5.75 Å². The van der Waals surface area contributed by atoms with Crippen LogP contribution < -0.4 is 10.1 Å². The van der Waals surface area contributed by atoms with E-state index in [2.05, 4.69) is 41.2 Å². The van der Waals surface area contributed by atoms with Crippen molar-refractivity contribution in [1.29, 1.82) is 0 Å². The number of ether oxygens (including phenoxy) is 2. The van der Waals surface area contributed by atoms with E-state index in [1.165, 1.54) is 34.0 Å². The van der Waals surface area contributed by atoms with Crippen molar-refractivity contribution in [3.05, 3.63) is 64.8 Å². The number of aromatic nitrogens is 1. The molecule has 1 N–H and O–H groups in total. The first-order chi connectivity index (χ1) is 15.9. The van der Waals surface area contributed by atoms with Gasteiger partial charge >= 0.3 is 12.0 Å². The summed E-state index contributed by atoms with van der Waals surface area (Å²) in [6, 6.07) is 11.8. The Bertz CT molecular complexity index is 1130. The van der Waals surface area contributed by atoms with Crippen LogP contribution in [0.15, 0.2) is 42.6 Å². The van der Waals surface area contributed by atoms with Crippen LogP contribution in [0, 0.1) is 0 Å². The molecule has 0 aliphatic heterocycles. The van der Waals surface area contributed by atoms with E-state index in [0.717, 1.165) is 24.9 Å². The number of aryl methyl sites for hydroxylation is 1. The van der Waals surface area contributed by atoms with E-state index in [9.17, 15) is 9.59 Å². The monoisotopic (exact) mass is 451 g/mol. The maximum Gasteiger partial charge on any atom is 0.337 e. The SMILES string of the molecule is CCCn1cc(Cc2ccc(C(=O)OC)cc2OC)c2cc(CCNC(=O)N(C)C)ccc21. The summed E-state index contributed by atoms with van der Waals surface area (Å²) in [6.07, 6.45) is 4.68. The van der Waals surface area contributed by atoms with Crippen molar-refractivity contribution in [3.8, 4) is 5.75 Å². The largest absolute Gasteiger partial charge is 0.496 e. The number of hydrogen-bond acceptors (Lipinski definition) is 4. The van der Waals surface area contributed by atoms with Gasteiger partial charge in [-0.25, -0.2) is 9.59 Å². The highest BCUT2D eigenvalue weighted by Crippen LogP contribution is 2.29. The van der Waals surface area contributed by atoms with Crippen molar-refractivity contribution in [3.63, 3.8) is 0 Å². The van der Waals surface area contributed by atoms with Crippen LogP contribution in [0.2, 0.25) is 0 Å². The maximum atomic E-state index is 11.9. The quantitative estimate of drug-likeness (QED) is 0.494. The van der Waals surface area contributed by atoms with E-state index in [4.69, 9.17) is 9.47 Å². The van der Waals surface area contributed by atoms with Crippen molar-refractivity contribution in [2.75, 3.05) is 34.9 Å². The van der Waals surface area contributed by atoms with Gasteiger partial charge in [0.2, 0.25) is 0 Å². The van der Waals surface area contributed by atoms with Gasteiger partial charge in [-0.2, -0.15) is 0 Å². The van der Waals surface area contributed by atoms with Crippen molar-refractivity contribution >= 4 is 22.9 Å². The van der Waals surface area contributed by atoms with Gasteiger partial charge in [0.05, 0.1) is 19.8 Å². The maximum absolute atomic E-state index is 11.9. The highest BCUT2D eigenvalue weighted by molar-refractivity contribution is 5.90. The fourth-order valence-electron chi connectivity index (χ4n) is 3.95. The molecule has 0 spiro atoms. The van der Waals surface area contributed by atoms with Crippen molar-refractivity contribution in [2.24, 2.45) is 0 Å². The first-order valence-corrected chi connectivity index (χ1v) is 11.2. The number of nitrogens with zero attached hydrogens (tertiary/aromatic N) is 2. The Morgan fingerprint density at radius 1 is 1.06 bits per heavy atom. The van der Waals surface area contributed by atoms with Crippen LogP contribution in [0.4, 0.5) is 4.79 Å². The molecule has 0 unspecified atom stereocenters. The number of hydrogen-bond donors (Lipinski definition) is 1. The van der Waals surface area contributed by atoms with Gasteiger partial charge in [0.25, 0.3) is 0 Å². The van der Waals surface area contributed by atoms with Crippen LogP contribution in [0.5, 0.6) is 5.75 Å². The first-order valence-electron chi connectivity index (χ1n) is 11.2. The third-order valence-electron chi connectivity index (χ3n) is 5.68. The van der Waals surface area contributed by atoms with E-state index in [1.807, 2.05) is 6.07 Å². The number of carbonyl (C=O) groups is 2. The second-order valence-corrected chi connectivity index (χ2v) is 8.27. The summed E-state index contributed by atoms with van der Waals surface area (Å²) in [5, 5.41) is 4.11. The average Bonchev–Trinajstić information content (AvgIpc) is 3.15. The normalized spacial score (nSPS) is 10.8. The molecule has 33 heavy (non-hydrogen) atoms. The lowest BCUT2D eigenvalue weighted by atomic mass is 10.00. The predicted octanol–water partition coefficient (Wildman–Crippen LogP) is 4.25. The molecule has 7 heteroatoms. The van der Waals surface area contributed by atoms with Gasteiger partial charge in [-0.3, -0.25) is 0 Å². The molecule has 0 saturated carbocycles. The number of benzene rings is 2. The molecule has 3 rings (SSSR count). The summed E-state index contributed by atoms with van der Waals surface area (Å²) >= 11 is 0. The van der Waals surface area contributed by atoms with Gasteiger partial charge in [-0.1, -0.05) is 19.1 Å². The zero-order chi connectivity index (χ0) is 24.0. The van der Waals surface area contributed by atoms with Gasteiger partial charge in [-0.05, 0) is 53.8 Å². The number of methoxy groups -OCH3 is 2. The van der Waals surface area contributed by atoms with Crippen molar-refractivity contribution in [2.45, 2.75) is 32.7 Å². The van der Waals surface area contributed by atoms with Crippen LogP contribution in [0.1, 0.15) is 40.4 Å². The van der Waals surface area contributed by atoms with Gasteiger partial charge in [0, 0.05) is 50.7 Å². The molecule has 0 atom stereocenters. The van der Waals surface area contributed by atoms with E-state index in [-0.39, 0.29) is 12.0 Å². The van der Waals surface area contributed by atoms with Crippen LogP contribution in [-0.2, 0) is 24.1 Å². The summed E-state index contributed by atoms with van der Waals surface area (Å²) in [5.41, 5.74) is 5.03. The molecule has 0 bridgehead atoms. The first kappa shape index (κ1) is 24.2. The number of carbonyl (C=O) groups excluding carboxylic acids is 2.